The number of aliphatic hydroxyl groups is 1. The highest BCUT2D eigenvalue weighted by molar-refractivity contribution is 14.2. The first-order valence-corrected chi connectivity index (χ1v) is 20.4. The average Bonchev–Trinajstić information content (AvgIpc) is 3.71. The molecule has 1 atom stereocenters. The van der Waals surface area contributed by atoms with E-state index < -0.39 is 53.8 Å². The van der Waals surface area contributed by atoms with Gasteiger partial charge in [0.2, 0.25) is 5.95 Å². The van der Waals surface area contributed by atoms with Gasteiger partial charge in [0.25, 0.3) is 5.82 Å². The number of halogens is 5. The van der Waals surface area contributed by atoms with Crippen LogP contribution in [-0.2, 0) is 11.8 Å². The van der Waals surface area contributed by atoms with E-state index in [-0.39, 0.29) is 19.2 Å². The van der Waals surface area contributed by atoms with Crippen LogP contribution in [0.5, 0.6) is 5.75 Å². The Morgan fingerprint density at radius 1 is 1.20 bits per heavy atom. The van der Waals surface area contributed by atoms with E-state index in [1.165, 1.54) is 22.9 Å². The van der Waals surface area contributed by atoms with Crippen molar-refractivity contribution in [2.24, 2.45) is 7.05 Å². The molecule has 2 aliphatic rings. The number of hydrogen-bond donors (Lipinski definition) is 1. The minimum absolute atomic E-state index is 0.0298. The minimum atomic E-state index is -4.72. The van der Waals surface area contributed by atoms with E-state index in [0.29, 0.717) is 52.3 Å². The van der Waals surface area contributed by atoms with Gasteiger partial charge < -0.3 is 19.5 Å². The van der Waals surface area contributed by atoms with Crippen molar-refractivity contribution < 1.29 is 32.1 Å². The fourth-order valence-corrected chi connectivity index (χ4v) is 7.78. The average molecular weight is 775 g/mol. The molecule has 1 fully saturated rings. The molecule has 1 saturated heterocycles. The highest BCUT2D eigenvalue weighted by Gasteiger charge is 2.57. The number of rotatable bonds is 11. The zero-order chi connectivity index (χ0) is 33.4. The number of allylic oxidation sites excluding steroid dienone is 1. The van der Waals surface area contributed by atoms with Crippen LogP contribution >= 0.6 is 21.0 Å². The summed E-state index contributed by atoms with van der Waals surface area (Å²) < 4.78 is 73.2. The Morgan fingerprint density at radius 2 is 1.96 bits per heavy atom. The largest absolute Gasteiger partial charge is 0.496 e. The lowest BCUT2D eigenvalue weighted by atomic mass is 10.0. The number of ether oxygens (including phenoxy) is 2. The molecule has 0 spiro atoms. The summed E-state index contributed by atoms with van der Waals surface area (Å²) in [6.45, 7) is 11.3. The number of aryl methyl sites for hydroxylation is 1. The van der Waals surface area contributed by atoms with Crippen molar-refractivity contribution >= 4 is 62.8 Å². The maximum Gasteiger partial charge on any atom is 0.424 e. The van der Waals surface area contributed by atoms with Gasteiger partial charge in [-0.05, 0) is 35.3 Å². The number of methoxy groups -OCH3 is 1. The van der Waals surface area contributed by atoms with Crippen molar-refractivity contribution in [3.05, 3.63) is 48.0 Å². The SMILES string of the molecule is C=[N+](c1ccc(C2=C(F)N(COCC[Si](C)(C)C)I=C2)c(OC)c1)c1nc(-c2ccc(N3CC[C@](O)(C(F)(F)F)C3)nc2)nn1C. The van der Waals surface area contributed by atoms with Crippen molar-refractivity contribution in [3.63, 3.8) is 0 Å². The maximum atomic E-state index is 15.4. The topological polar surface area (TPSA) is 91.8 Å². The molecule has 1 N–H and O–H groups in total. The molecular formula is C30H37F4IN7O3Si+. The van der Waals surface area contributed by atoms with Gasteiger partial charge >= 0.3 is 12.1 Å². The summed E-state index contributed by atoms with van der Waals surface area (Å²) in [5.74, 6) is 1.20. The predicted octanol–water partition coefficient (Wildman–Crippen LogP) is 5.88. The number of anilines is 1. The summed E-state index contributed by atoms with van der Waals surface area (Å²) in [5, 5.41) is 14.5. The normalized spacial score (nSPS) is 18.8. The maximum absolute atomic E-state index is 15.4. The zero-order valence-electron chi connectivity index (χ0n) is 26.3. The van der Waals surface area contributed by atoms with Crippen molar-refractivity contribution in [2.45, 2.75) is 43.9 Å². The number of aromatic nitrogens is 4. The molecule has 2 aliphatic heterocycles. The van der Waals surface area contributed by atoms with Gasteiger partial charge in [-0.3, -0.25) is 3.11 Å². The van der Waals surface area contributed by atoms with Crippen molar-refractivity contribution in [3.8, 4) is 17.1 Å². The molecule has 3 aromatic rings. The fraction of sp³-hybridized carbons (Fsp3) is 0.433. The molecule has 10 nitrogen and oxygen atoms in total. The molecule has 0 bridgehead atoms. The van der Waals surface area contributed by atoms with E-state index in [1.54, 1.807) is 45.1 Å². The summed E-state index contributed by atoms with van der Waals surface area (Å²) in [7, 11) is 2.00. The molecule has 0 amide bonds. The molecule has 0 radical (unpaired) electrons. The number of benzene rings is 1. The third-order valence-corrected chi connectivity index (χ3v) is 11.8. The summed E-state index contributed by atoms with van der Waals surface area (Å²) in [5.41, 5.74) is -0.476. The molecule has 46 heavy (non-hydrogen) atoms. The number of pyridine rings is 1. The van der Waals surface area contributed by atoms with Crippen LogP contribution in [-0.4, -0.2) is 92.1 Å². The molecule has 0 aliphatic carbocycles. The Labute approximate surface area is 276 Å². The van der Waals surface area contributed by atoms with Crippen molar-refractivity contribution in [2.75, 3.05) is 38.4 Å². The monoisotopic (exact) mass is 774 g/mol. The van der Waals surface area contributed by atoms with Gasteiger partial charge in [0, 0.05) is 82.8 Å². The Kier molecular flexibility index (Phi) is 9.73. The molecule has 16 heteroatoms. The van der Waals surface area contributed by atoms with E-state index in [2.05, 4.69) is 41.4 Å². The lowest BCUT2D eigenvalue weighted by molar-refractivity contribution is -0.250. The van der Waals surface area contributed by atoms with Gasteiger partial charge in [0.05, 0.1) is 26.3 Å². The smallest absolute Gasteiger partial charge is 0.424 e. The van der Waals surface area contributed by atoms with E-state index in [9.17, 15) is 18.3 Å². The Morgan fingerprint density at radius 3 is 2.59 bits per heavy atom. The molecule has 1 aromatic carbocycles. The second-order valence-corrected chi connectivity index (χ2v) is 20.4. The van der Waals surface area contributed by atoms with E-state index in [1.807, 2.05) is 4.01 Å². The standard InChI is InChI=1S/C30H37F4IN7O3Si/c1-39(21-8-9-22(24(15-21)44-3)23-16-35-42(26(23)31)19-45-13-14-46(4,5)6)28-37-27(38-40(28)2)20-7-10-25(36-17-20)41-12-11-29(43,18-41)30(32,33)34/h7-10,15-17,43H,1,11-14,18-19H2,2-6H3/q+1/t29-/m1/s1. The molecular weight excluding hydrogens is 737 g/mol. The van der Waals surface area contributed by atoms with Crippen LogP contribution in [0.4, 0.5) is 35.0 Å². The second-order valence-electron chi connectivity index (χ2n) is 12.4. The zero-order valence-corrected chi connectivity index (χ0v) is 29.4. The van der Waals surface area contributed by atoms with E-state index in [0.717, 1.165) is 6.04 Å². The number of β-amino-alcohol motifs (C(OH)–C–C–N with tert-alkyl or cyclic N) is 1. The Bertz CT molecular complexity index is 1670. The number of alkyl halides is 3. The van der Waals surface area contributed by atoms with Gasteiger partial charge in [-0.2, -0.15) is 17.6 Å². The van der Waals surface area contributed by atoms with Gasteiger partial charge in [-0.25, -0.2) is 9.56 Å². The predicted molar refractivity (Wildman–Crippen MR) is 183 cm³/mol. The van der Waals surface area contributed by atoms with Gasteiger partial charge in [0.1, 0.15) is 24.0 Å². The molecule has 5 rings (SSSR count). The Hall–Kier alpha value is -3.22. The Balaban J connectivity index is 1.29. The van der Waals surface area contributed by atoms with Crippen LogP contribution in [0.15, 0.2) is 42.5 Å². The third kappa shape index (κ3) is 7.18. The van der Waals surface area contributed by atoms with Crippen molar-refractivity contribution in [1.82, 2.24) is 27.4 Å². The first kappa shape index (κ1) is 34.1. The number of nitrogens with zero attached hydrogens (tertiary/aromatic N) is 7. The third-order valence-electron chi connectivity index (χ3n) is 7.79. The molecule has 248 valence electrons. The highest BCUT2D eigenvalue weighted by atomic mass is 127. The van der Waals surface area contributed by atoms with Gasteiger partial charge in [-0.15, -0.1) is 4.68 Å². The van der Waals surface area contributed by atoms with Crippen LogP contribution in [0.3, 0.4) is 0 Å². The number of hydrogen-bond acceptors (Lipinski definition) is 8. The highest BCUT2D eigenvalue weighted by Crippen LogP contribution is 2.40. The van der Waals surface area contributed by atoms with Crippen LogP contribution in [0, 0.1) is 0 Å². The molecule has 4 heterocycles. The van der Waals surface area contributed by atoms with E-state index in [4.69, 9.17) is 9.47 Å². The van der Waals surface area contributed by atoms with Crippen LogP contribution in [0.25, 0.3) is 17.0 Å². The first-order chi connectivity index (χ1) is 21.6. The lowest BCUT2D eigenvalue weighted by Gasteiger charge is -2.26. The molecule has 0 unspecified atom stereocenters. The van der Waals surface area contributed by atoms with Crippen molar-refractivity contribution in [1.29, 1.82) is 0 Å². The lowest BCUT2D eigenvalue weighted by Crippen LogP contribution is -2.47. The first-order valence-electron chi connectivity index (χ1n) is 14.5. The van der Waals surface area contributed by atoms with Crippen LogP contribution < -0.4 is 14.2 Å². The summed E-state index contributed by atoms with van der Waals surface area (Å²) in [4.78, 5) is 10.3. The van der Waals surface area contributed by atoms with Crippen LogP contribution in [0.1, 0.15) is 12.0 Å². The van der Waals surface area contributed by atoms with Gasteiger partial charge in [-0.1, -0.05) is 24.7 Å². The van der Waals surface area contributed by atoms with Crippen LogP contribution in [0.2, 0.25) is 25.7 Å². The fourth-order valence-electron chi connectivity index (χ4n) is 4.95. The molecule has 0 saturated carbocycles. The summed E-state index contributed by atoms with van der Waals surface area (Å²) in [6.07, 6.45) is -3.66. The second kappa shape index (κ2) is 13.1. The molecule has 2 aromatic heterocycles. The van der Waals surface area contributed by atoms with E-state index >= 15 is 4.39 Å². The van der Waals surface area contributed by atoms with Gasteiger partial charge in [0.15, 0.2) is 5.60 Å². The summed E-state index contributed by atoms with van der Waals surface area (Å²) in [6, 6.07) is 9.61. The quantitative estimate of drug-likeness (QED) is 0.0378. The minimum Gasteiger partial charge on any atom is -0.496 e. The summed E-state index contributed by atoms with van der Waals surface area (Å²) >= 11 is -0.709.